The molecule has 0 bridgehead atoms. The Hall–Kier alpha value is -2.00. The lowest BCUT2D eigenvalue weighted by molar-refractivity contribution is 0.415. The number of ether oxygens (including phenoxy) is 1. The molecular weight excluding hydrogens is 465 g/mol. The lowest BCUT2D eigenvalue weighted by atomic mass is 10.3. The van der Waals surface area contributed by atoms with Gasteiger partial charge in [-0.05, 0) is 36.8 Å². The zero-order chi connectivity index (χ0) is 17.8. The minimum absolute atomic E-state index is 0. The monoisotopic (exact) mass is 485 g/mol. The first kappa shape index (κ1) is 20.3. The number of methoxy groups -OCH3 is 1. The molecule has 1 aromatic carbocycles. The maximum Gasteiger partial charge on any atom is 0.193 e. The summed E-state index contributed by atoms with van der Waals surface area (Å²) in [6.45, 7) is 2.60. The number of benzene rings is 1. The molecule has 0 saturated heterocycles. The highest BCUT2D eigenvalue weighted by Crippen LogP contribution is 2.27. The Balaban J connectivity index is 0.00000243. The molecular formula is C18H21ClIN5O. The molecule has 3 aromatic rings. The van der Waals surface area contributed by atoms with E-state index in [0.29, 0.717) is 29.7 Å². The average Bonchev–Trinajstić information content (AvgIpc) is 2.99. The van der Waals surface area contributed by atoms with Crippen LogP contribution < -0.4 is 15.8 Å². The molecule has 0 amide bonds. The Morgan fingerprint density at radius 1 is 1.38 bits per heavy atom. The summed E-state index contributed by atoms with van der Waals surface area (Å²) in [4.78, 5) is 8.96. The average molecular weight is 486 g/mol. The normalized spacial score (nSPS) is 11.3. The van der Waals surface area contributed by atoms with E-state index in [1.807, 2.05) is 41.9 Å². The molecule has 8 heteroatoms. The van der Waals surface area contributed by atoms with Gasteiger partial charge in [-0.25, -0.2) is 4.98 Å². The van der Waals surface area contributed by atoms with Gasteiger partial charge in [0.05, 0.1) is 17.8 Å². The van der Waals surface area contributed by atoms with Gasteiger partial charge in [0.2, 0.25) is 0 Å². The van der Waals surface area contributed by atoms with E-state index in [1.54, 1.807) is 19.2 Å². The van der Waals surface area contributed by atoms with Crippen LogP contribution in [0, 0.1) is 6.92 Å². The number of hydrogen-bond acceptors (Lipinski definition) is 3. The summed E-state index contributed by atoms with van der Waals surface area (Å²) in [7, 11) is 1.57. The van der Waals surface area contributed by atoms with E-state index in [-0.39, 0.29) is 24.0 Å². The van der Waals surface area contributed by atoms with Gasteiger partial charge in [-0.15, -0.1) is 24.0 Å². The predicted molar refractivity (Wildman–Crippen MR) is 117 cm³/mol. The Morgan fingerprint density at radius 2 is 2.19 bits per heavy atom. The third-order valence-corrected chi connectivity index (χ3v) is 4.10. The van der Waals surface area contributed by atoms with Crippen LogP contribution in [0.4, 0.5) is 5.69 Å². The number of rotatable bonds is 5. The fourth-order valence-corrected chi connectivity index (χ4v) is 2.80. The third kappa shape index (κ3) is 4.79. The third-order valence-electron chi connectivity index (χ3n) is 3.80. The van der Waals surface area contributed by atoms with Crippen LogP contribution in [-0.2, 0) is 6.42 Å². The molecule has 0 fully saturated rings. The molecule has 0 aliphatic heterocycles. The Bertz CT molecular complexity index is 925. The topological polar surface area (TPSA) is 76.9 Å². The van der Waals surface area contributed by atoms with E-state index in [1.165, 1.54) is 0 Å². The Morgan fingerprint density at radius 3 is 2.88 bits per heavy atom. The highest BCUT2D eigenvalue weighted by Gasteiger charge is 2.04. The highest BCUT2D eigenvalue weighted by atomic mass is 127. The van der Waals surface area contributed by atoms with Gasteiger partial charge in [0, 0.05) is 31.0 Å². The van der Waals surface area contributed by atoms with Crippen molar-refractivity contribution in [2.24, 2.45) is 10.7 Å². The fraction of sp³-hybridized carbons (Fsp3) is 0.222. The van der Waals surface area contributed by atoms with Gasteiger partial charge in [0.25, 0.3) is 0 Å². The Labute approximate surface area is 174 Å². The first-order valence-corrected chi connectivity index (χ1v) is 8.28. The van der Waals surface area contributed by atoms with Crippen molar-refractivity contribution in [3.63, 3.8) is 0 Å². The lowest BCUT2D eigenvalue weighted by Crippen LogP contribution is -2.23. The van der Waals surface area contributed by atoms with E-state index >= 15 is 0 Å². The quantitative estimate of drug-likeness (QED) is 0.327. The molecule has 138 valence electrons. The van der Waals surface area contributed by atoms with Gasteiger partial charge in [-0.2, -0.15) is 0 Å². The molecule has 0 atom stereocenters. The molecule has 2 aromatic heterocycles. The fourth-order valence-electron chi connectivity index (χ4n) is 2.55. The van der Waals surface area contributed by atoms with Crippen molar-refractivity contribution < 1.29 is 4.74 Å². The van der Waals surface area contributed by atoms with Crippen molar-refractivity contribution in [1.29, 1.82) is 0 Å². The second kappa shape index (κ2) is 9.09. The van der Waals surface area contributed by atoms with Gasteiger partial charge < -0.3 is 20.2 Å². The summed E-state index contributed by atoms with van der Waals surface area (Å²) < 4.78 is 7.15. The number of aliphatic imine (C=N–C) groups is 1. The van der Waals surface area contributed by atoms with Crippen molar-refractivity contribution in [3.8, 4) is 5.75 Å². The van der Waals surface area contributed by atoms with Crippen molar-refractivity contribution in [3.05, 3.63) is 59.0 Å². The van der Waals surface area contributed by atoms with Crippen LogP contribution in [0.1, 0.15) is 11.3 Å². The number of hydrogen-bond donors (Lipinski definition) is 2. The van der Waals surface area contributed by atoms with Crippen LogP contribution >= 0.6 is 35.6 Å². The number of fused-ring (bicyclic) bond motifs is 1. The number of nitrogens with two attached hydrogens (primary N) is 1. The molecule has 0 spiro atoms. The number of halogens is 2. The number of guanidine groups is 1. The molecule has 0 radical (unpaired) electrons. The molecule has 0 aliphatic rings. The first-order chi connectivity index (χ1) is 12.1. The van der Waals surface area contributed by atoms with Gasteiger partial charge in [0.15, 0.2) is 5.96 Å². The molecule has 3 N–H and O–H groups in total. The maximum atomic E-state index is 6.09. The number of nitrogens with one attached hydrogen (secondary N) is 1. The minimum atomic E-state index is 0. The van der Waals surface area contributed by atoms with Crippen molar-refractivity contribution in [2.45, 2.75) is 13.3 Å². The maximum absolute atomic E-state index is 6.09. The summed E-state index contributed by atoms with van der Waals surface area (Å²) in [5.74, 6) is 0.950. The molecule has 6 nitrogen and oxygen atoms in total. The van der Waals surface area contributed by atoms with Gasteiger partial charge in [-0.3, -0.25) is 4.99 Å². The van der Waals surface area contributed by atoms with Crippen LogP contribution in [0.3, 0.4) is 0 Å². The molecule has 2 heterocycles. The minimum Gasteiger partial charge on any atom is -0.495 e. The van der Waals surface area contributed by atoms with Gasteiger partial charge in [0.1, 0.15) is 11.4 Å². The molecule has 0 aliphatic carbocycles. The summed E-state index contributed by atoms with van der Waals surface area (Å²) in [6.07, 6.45) is 4.73. The number of anilines is 1. The summed E-state index contributed by atoms with van der Waals surface area (Å²) >= 11 is 6.09. The molecule has 0 unspecified atom stereocenters. The Kier molecular flexibility index (Phi) is 7.10. The number of pyridine rings is 1. The molecule has 26 heavy (non-hydrogen) atoms. The van der Waals surface area contributed by atoms with Crippen LogP contribution in [-0.4, -0.2) is 29.0 Å². The summed E-state index contributed by atoms with van der Waals surface area (Å²) in [5, 5.41) is 3.53. The standard InChI is InChI=1S/C18H20ClN5O.HI/c1-12-4-3-9-24-11-14(22-17(12)24)7-8-21-18(20)23-13-5-6-16(25-2)15(19)10-13;/h3-6,9-11H,7-8H2,1-2H3,(H3,20,21,23);1H. The smallest absolute Gasteiger partial charge is 0.193 e. The SMILES string of the molecule is COc1ccc(NC(N)=NCCc2cn3cccc(C)c3n2)cc1Cl.I. The van der Waals surface area contributed by atoms with Crippen LogP contribution in [0.5, 0.6) is 5.75 Å². The number of aryl methyl sites for hydroxylation is 1. The van der Waals surface area contributed by atoms with E-state index in [4.69, 9.17) is 22.1 Å². The second-order valence-corrected chi connectivity index (χ2v) is 6.05. The van der Waals surface area contributed by atoms with Crippen molar-refractivity contribution >= 4 is 52.9 Å². The summed E-state index contributed by atoms with van der Waals surface area (Å²) in [6, 6.07) is 9.41. The van der Waals surface area contributed by atoms with Gasteiger partial charge >= 0.3 is 0 Å². The van der Waals surface area contributed by atoms with E-state index in [2.05, 4.69) is 15.3 Å². The number of nitrogens with zero attached hydrogens (tertiary/aromatic N) is 3. The van der Waals surface area contributed by atoms with Crippen LogP contribution in [0.2, 0.25) is 5.02 Å². The highest BCUT2D eigenvalue weighted by molar-refractivity contribution is 14.0. The predicted octanol–water partition coefficient (Wildman–Crippen LogP) is 3.89. The molecule has 3 rings (SSSR count). The first-order valence-electron chi connectivity index (χ1n) is 7.90. The molecule has 0 saturated carbocycles. The zero-order valence-corrected chi connectivity index (χ0v) is 17.7. The van der Waals surface area contributed by atoms with E-state index in [9.17, 15) is 0 Å². The van der Waals surface area contributed by atoms with Gasteiger partial charge in [-0.1, -0.05) is 17.7 Å². The van der Waals surface area contributed by atoms with Crippen LogP contribution in [0.25, 0.3) is 5.65 Å². The summed E-state index contributed by atoms with van der Waals surface area (Å²) in [5.41, 5.74) is 9.79. The van der Waals surface area contributed by atoms with E-state index in [0.717, 1.165) is 22.6 Å². The zero-order valence-electron chi connectivity index (χ0n) is 14.6. The number of aromatic nitrogens is 2. The lowest BCUT2D eigenvalue weighted by Gasteiger charge is -2.08. The van der Waals surface area contributed by atoms with Crippen molar-refractivity contribution in [1.82, 2.24) is 9.38 Å². The largest absolute Gasteiger partial charge is 0.495 e. The second-order valence-electron chi connectivity index (χ2n) is 5.65. The van der Waals surface area contributed by atoms with Crippen molar-refractivity contribution in [2.75, 3.05) is 19.0 Å². The van der Waals surface area contributed by atoms with E-state index < -0.39 is 0 Å². The van der Waals surface area contributed by atoms with Crippen LogP contribution in [0.15, 0.2) is 47.7 Å². The number of imidazole rings is 1.